The van der Waals surface area contributed by atoms with E-state index in [4.69, 9.17) is 16.3 Å². The van der Waals surface area contributed by atoms with Gasteiger partial charge in [-0.3, -0.25) is 9.69 Å². The average Bonchev–Trinajstić information content (AvgIpc) is 2.61. The molecule has 140 valence electrons. The highest BCUT2D eigenvalue weighted by atomic mass is 35.5. The number of H-pyrrole nitrogens is 1. The van der Waals surface area contributed by atoms with Crippen LogP contribution in [0.2, 0.25) is 5.02 Å². The van der Waals surface area contributed by atoms with Crippen LogP contribution in [0.1, 0.15) is 11.1 Å². The molecular formula is C18H22ClFN4O2. The van der Waals surface area contributed by atoms with Crippen LogP contribution < -0.4 is 10.5 Å². The molecule has 1 atom stereocenters. The molecule has 0 aliphatic carbocycles. The zero-order chi connectivity index (χ0) is 18.7. The first-order valence-electron chi connectivity index (χ1n) is 8.45. The average molecular weight is 381 g/mol. The quantitative estimate of drug-likeness (QED) is 0.861. The van der Waals surface area contributed by atoms with Crippen LogP contribution in [0.5, 0.6) is 0 Å². The van der Waals surface area contributed by atoms with E-state index in [0.29, 0.717) is 18.8 Å². The molecule has 0 amide bonds. The first-order valence-corrected chi connectivity index (χ1v) is 8.83. The Kier molecular flexibility index (Phi) is 5.90. The van der Waals surface area contributed by atoms with Gasteiger partial charge >= 0.3 is 0 Å². The molecule has 1 N–H and O–H groups in total. The molecule has 1 aromatic heterocycles. The summed E-state index contributed by atoms with van der Waals surface area (Å²) in [5, 5.41) is 6.35. The molecule has 2 heterocycles. The normalized spacial score (nSPS) is 18.3. The highest BCUT2D eigenvalue weighted by Crippen LogP contribution is 2.26. The predicted molar refractivity (Wildman–Crippen MR) is 99.3 cm³/mol. The Morgan fingerprint density at radius 2 is 2.23 bits per heavy atom. The van der Waals surface area contributed by atoms with Gasteiger partial charge in [0.2, 0.25) is 0 Å². The van der Waals surface area contributed by atoms with Crippen molar-refractivity contribution in [3.05, 3.63) is 56.7 Å². The Morgan fingerprint density at radius 1 is 1.42 bits per heavy atom. The van der Waals surface area contributed by atoms with Gasteiger partial charge in [-0.2, -0.15) is 5.10 Å². The lowest BCUT2D eigenvalue weighted by Gasteiger charge is -2.42. The highest BCUT2D eigenvalue weighted by molar-refractivity contribution is 6.33. The maximum absolute atomic E-state index is 13.3. The van der Waals surface area contributed by atoms with Crippen LogP contribution in [-0.2, 0) is 11.3 Å². The number of hydrogen-bond donors (Lipinski definition) is 1. The number of halogens is 2. The SMILES string of the molecule is COC[C@@H]1CN(Cc2ccc(F)cc2C)CCN1c1cn[nH]c(=O)c1Cl. The molecule has 6 nitrogen and oxygen atoms in total. The van der Waals surface area contributed by atoms with Crippen molar-refractivity contribution in [3.8, 4) is 0 Å². The number of ether oxygens (including phenoxy) is 1. The Balaban J connectivity index is 1.77. The fraction of sp³-hybridized carbons (Fsp3) is 0.444. The van der Waals surface area contributed by atoms with Crippen LogP contribution in [0.4, 0.5) is 10.1 Å². The lowest BCUT2D eigenvalue weighted by Crippen LogP contribution is -2.55. The van der Waals surface area contributed by atoms with E-state index < -0.39 is 5.56 Å². The molecule has 3 rings (SSSR count). The minimum atomic E-state index is -0.398. The van der Waals surface area contributed by atoms with Gasteiger partial charge in [-0.15, -0.1) is 0 Å². The van der Waals surface area contributed by atoms with Crippen LogP contribution in [0.3, 0.4) is 0 Å². The molecule has 1 aliphatic heterocycles. The summed E-state index contributed by atoms with van der Waals surface area (Å²) in [6.07, 6.45) is 1.58. The zero-order valence-corrected chi connectivity index (χ0v) is 15.6. The van der Waals surface area contributed by atoms with Gasteiger partial charge < -0.3 is 9.64 Å². The number of aryl methyl sites for hydroxylation is 1. The van der Waals surface area contributed by atoms with E-state index in [1.807, 2.05) is 13.0 Å². The number of nitrogens with one attached hydrogen (secondary N) is 1. The van der Waals surface area contributed by atoms with Crippen LogP contribution in [-0.4, -0.2) is 54.5 Å². The number of nitrogens with zero attached hydrogens (tertiary/aromatic N) is 3. The fourth-order valence-corrected chi connectivity index (χ4v) is 3.57. The van der Waals surface area contributed by atoms with E-state index >= 15 is 0 Å². The summed E-state index contributed by atoms with van der Waals surface area (Å²) in [5.74, 6) is -0.218. The summed E-state index contributed by atoms with van der Waals surface area (Å²) in [4.78, 5) is 16.1. The third-order valence-electron chi connectivity index (χ3n) is 4.71. The Hall–Kier alpha value is -1.96. The van der Waals surface area contributed by atoms with Gasteiger partial charge in [0, 0.05) is 33.3 Å². The van der Waals surface area contributed by atoms with Crippen molar-refractivity contribution >= 4 is 17.3 Å². The van der Waals surface area contributed by atoms with Crippen molar-refractivity contribution in [1.29, 1.82) is 0 Å². The molecule has 0 bridgehead atoms. The molecule has 26 heavy (non-hydrogen) atoms. The van der Waals surface area contributed by atoms with Gasteiger partial charge in [-0.1, -0.05) is 17.7 Å². The third kappa shape index (κ3) is 4.06. The minimum absolute atomic E-state index is 0.0376. The summed E-state index contributed by atoms with van der Waals surface area (Å²) in [6, 6.07) is 4.92. The van der Waals surface area contributed by atoms with Gasteiger partial charge in [0.05, 0.1) is 24.5 Å². The van der Waals surface area contributed by atoms with Crippen LogP contribution >= 0.6 is 11.6 Å². The predicted octanol–water partition coefficient (Wildman–Crippen LogP) is 2.21. The second-order valence-electron chi connectivity index (χ2n) is 6.51. The van der Waals surface area contributed by atoms with Crippen molar-refractivity contribution in [2.45, 2.75) is 19.5 Å². The fourth-order valence-electron chi connectivity index (χ4n) is 3.37. The number of benzene rings is 1. The van der Waals surface area contributed by atoms with Crippen molar-refractivity contribution in [1.82, 2.24) is 15.1 Å². The number of methoxy groups -OCH3 is 1. The molecule has 0 saturated carbocycles. The van der Waals surface area contributed by atoms with E-state index in [0.717, 1.165) is 30.8 Å². The summed E-state index contributed by atoms with van der Waals surface area (Å²) in [6.45, 7) is 5.39. The van der Waals surface area contributed by atoms with Gasteiger partial charge in [-0.25, -0.2) is 9.49 Å². The van der Waals surface area contributed by atoms with Crippen LogP contribution in [0.15, 0.2) is 29.2 Å². The van der Waals surface area contributed by atoms with Crippen molar-refractivity contribution in [2.75, 3.05) is 38.3 Å². The largest absolute Gasteiger partial charge is 0.383 e. The molecule has 0 unspecified atom stereocenters. The van der Waals surface area contributed by atoms with E-state index in [2.05, 4.69) is 20.0 Å². The minimum Gasteiger partial charge on any atom is -0.383 e. The van der Waals surface area contributed by atoms with E-state index in [1.165, 1.54) is 6.07 Å². The van der Waals surface area contributed by atoms with Gasteiger partial charge in [0.25, 0.3) is 5.56 Å². The highest BCUT2D eigenvalue weighted by Gasteiger charge is 2.29. The lowest BCUT2D eigenvalue weighted by molar-refractivity contribution is 0.129. The number of anilines is 1. The smallest absolute Gasteiger partial charge is 0.285 e. The van der Waals surface area contributed by atoms with E-state index in [1.54, 1.807) is 19.4 Å². The summed E-state index contributed by atoms with van der Waals surface area (Å²) >= 11 is 6.18. The molecule has 2 aromatic rings. The topological polar surface area (TPSA) is 61.5 Å². The molecule has 1 aromatic carbocycles. The summed E-state index contributed by atoms with van der Waals surface area (Å²) in [7, 11) is 1.65. The van der Waals surface area contributed by atoms with Gasteiger partial charge in [-0.05, 0) is 30.2 Å². The maximum Gasteiger partial charge on any atom is 0.285 e. The number of aromatic amines is 1. The molecule has 1 saturated heterocycles. The molecular weight excluding hydrogens is 359 g/mol. The van der Waals surface area contributed by atoms with E-state index in [-0.39, 0.29) is 16.9 Å². The second-order valence-corrected chi connectivity index (χ2v) is 6.88. The monoisotopic (exact) mass is 380 g/mol. The van der Waals surface area contributed by atoms with Crippen LogP contribution in [0, 0.1) is 12.7 Å². The maximum atomic E-state index is 13.3. The molecule has 0 radical (unpaired) electrons. The van der Waals surface area contributed by atoms with Crippen molar-refractivity contribution in [3.63, 3.8) is 0 Å². The first kappa shape index (κ1) is 18.8. The first-order chi connectivity index (χ1) is 12.5. The standard InChI is InChI=1S/C18H22ClFN4O2/c1-12-7-14(20)4-3-13(12)9-23-5-6-24(15(10-23)11-26-2)16-8-21-22-18(25)17(16)19/h3-4,7-8,15H,5-6,9-11H2,1-2H3,(H,22,25)/t15-/m0/s1. The van der Waals surface area contributed by atoms with Gasteiger partial charge in [0.15, 0.2) is 0 Å². The molecule has 1 fully saturated rings. The summed E-state index contributed by atoms with van der Waals surface area (Å²) in [5.41, 5.74) is 2.27. The Morgan fingerprint density at radius 3 is 2.96 bits per heavy atom. The van der Waals surface area contributed by atoms with E-state index in [9.17, 15) is 9.18 Å². The van der Waals surface area contributed by atoms with Crippen molar-refractivity contribution < 1.29 is 9.13 Å². The van der Waals surface area contributed by atoms with Gasteiger partial charge in [0.1, 0.15) is 10.8 Å². The summed E-state index contributed by atoms with van der Waals surface area (Å²) < 4.78 is 18.7. The number of rotatable bonds is 5. The lowest BCUT2D eigenvalue weighted by atomic mass is 10.1. The number of aromatic nitrogens is 2. The second kappa shape index (κ2) is 8.16. The molecule has 8 heteroatoms. The van der Waals surface area contributed by atoms with Crippen molar-refractivity contribution in [2.24, 2.45) is 0 Å². The van der Waals surface area contributed by atoms with Crippen LogP contribution in [0.25, 0.3) is 0 Å². The third-order valence-corrected chi connectivity index (χ3v) is 5.08. The molecule has 0 spiro atoms. The molecule has 1 aliphatic rings. The number of piperazine rings is 1. The zero-order valence-electron chi connectivity index (χ0n) is 14.8. The number of hydrogen-bond acceptors (Lipinski definition) is 5. The Bertz CT molecular complexity index is 829. The Labute approximate surface area is 156 Å².